The van der Waals surface area contributed by atoms with Gasteiger partial charge < -0.3 is 0 Å². The fourth-order valence-electron chi connectivity index (χ4n) is 1.01. The predicted molar refractivity (Wildman–Crippen MR) is 63.4 cm³/mol. The smallest absolute Gasteiger partial charge is 0.0484 e. The van der Waals surface area contributed by atoms with Crippen molar-refractivity contribution in [3.05, 3.63) is 41.3 Å². The maximum absolute atomic E-state index is 11.6. The molecule has 0 aliphatic heterocycles. The van der Waals surface area contributed by atoms with E-state index in [-0.39, 0.29) is 5.25 Å². The number of rotatable bonds is 4. The van der Waals surface area contributed by atoms with Crippen molar-refractivity contribution in [3.63, 3.8) is 0 Å². The molecule has 1 nitrogen and oxygen atoms in total. The molecule has 0 bridgehead atoms. The van der Waals surface area contributed by atoms with Gasteiger partial charge in [0.05, 0.1) is 0 Å². The highest BCUT2D eigenvalue weighted by Gasteiger charge is 2.03. The third kappa shape index (κ3) is 3.46. The summed E-state index contributed by atoms with van der Waals surface area (Å²) in [6, 6.07) is 9.94. The summed E-state index contributed by atoms with van der Waals surface area (Å²) in [4.78, 5) is 0. The van der Waals surface area contributed by atoms with Crippen LogP contribution < -0.4 is 0 Å². The van der Waals surface area contributed by atoms with Crippen molar-refractivity contribution < 1.29 is 4.21 Å². The largest absolute Gasteiger partial charge is 0.255 e. The molecule has 0 radical (unpaired) electrons. The highest BCUT2D eigenvalue weighted by atomic mass is 32.2. The van der Waals surface area contributed by atoms with Crippen LogP contribution in [0, 0.1) is 0 Å². The molecule has 1 aromatic rings. The normalized spacial score (nSPS) is 15.6. The average Bonchev–Trinajstić information content (AvgIpc) is 2.26. The van der Waals surface area contributed by atoms with E-state index in [1.165, 1.54) is 0 Å². The second-order valence-corrected chi connectivity index (χ2v) is 4.99. The highest BCUT2D eigenvalue weighted by Crippen LogP contribution is 2.06. The number of hydrogen-bond donors (Lipinski definition) is 0. The molecule has 14 heavy (non-hydrogen) atoms. The standard InChI is InChI=1S/C12H16OS/c1-3-11(2)14(13)10-9-12-7-5-4-6-8-12/h4-11H,3H2,1-2H3/b10-9-. The maximum Gasteiger partial charge on any atom is 0.0484 e. The molecule has 0 fully saturated rings. The Bertz CT molecular complexity index is 316. The van der Waals surface area contributed by atoms with Gasteiger partial charge in [-0.05, 0) is 18.1 Å². The Hall–Kier alpha value is -0.890. The van der Waals surface area contributed by atoms with E-state index in [0.29, 0.717) is 0 Å². The third-order valence-electron chi connectivity index (χ3n) is 2.17. The zero-order valence-electron chi connectivity index (χ0n) is 8.64. The van der Waals surface area contributed by atoms with Crippen LogP contribution in [0.4, 0.5) is 0 Å². The molecule has 0 saturated carbocycles. The first-order chi connectivity index (χ1) is 6.74. The molecular formula is C12H16OS. The minimum atomic E-state index is -0.846. The fourth-order valence-corrected chi connectivity index (χ4v) is 1.90. The minimum absolute atomic E-state index is 0.245. The van der Waals surface area contributed by atoms with Crippen LogP contribution in [0.2, 0.25) is 0 Å². The van der Waals surface area contributed by atoms with Crippen LogP contribution in [0.25, 0.3) is 6.08 Å². The number of benzene rings is 1. The lowest BCUT2D eigenvalue weighted by Crippen LogP contribution is -2.05. The van der Waals surface area contributed by atoms with Gasteiger partial charge in [-0.3, -0.25) is 4.21 Å². The van der Waals surface area contributed by atoms with Crippen molar-refractivity contribution in [1.82, 2.24) is 0 Å². The summed E-state index contributed by atoms with van der Waals surface area (Å²) in [5, 5.41) is 2.03. The van der Waals surface area contributed by atoms with E-state index in [1.54, 1.807) is 5.41 Å². The molecule has 0 spiro atoms. The van der Waals surface area contributed by atoms with Gasteiger partial charge in [0.15, 0.2) is 0 Å². The van der Waals surface area contributed by atoms with E-state index in [9.17, 15) is 4.21 Å². The Morgan fingerprint density at radius 1 is 1.36 bits per heavy atom. The highest BCUT2D eigenvalue weighted by molar-refractivity contribution is 7.88. The molecule has 0 heterocycles. The van der Waals surface area contributed by atoms with Gasteiger partial charge in [-0.2, -0.15) is 0 Å². The summed E-state index contributed by atoms with van der Waals surface area (Å²) in [7, 11) is -0.846. The van der Waals surface area contributed by atoms with Crippen LogP contribution in [0.15, 0.2) is 35.7 Å². The first-order valence-corrected chi connectivity index (χ1v) is 6.14. The summed E-state index contributed by atoms with van der Waals surface area (Å²) in [5.74, 6) is 0. The van der Waals surface area contributed by atoms with Crippen molar-refractivity contribution in [2.24, 2.45) is 0 Å². The van der Waals surface area contributed by atoms with Gasteiger partial charge >= 0.3 is 0 Å². The SMILES string of the molecule is CCC(C)S(=O)/C=C\c1ccccc1. The number of hydrogen-bond acceptors (Lipinski definition) is 1. The zero-order valence-corrected chi connectivity index (χ0v) is 9.46. The molecule has 0 aliphatic carbocycles. The van der Waals surface area contributed by atoms with Crippen molar-refractivity contribution in [2.75, 3.05) is 0 Å². The Morgan fingerprint density at radius 2 is 2.00 bits per heavy atom. The average molecular weight is 208 g/mol. The molecule has 0 aromatic heterocycles. The maximum atomic E-state index is 11.6. The van der Waals surface area contributed by atoms with Gasteiger partial charge in [0, 0.05) is 21.5 Å². The van der Waals surface area contributed by atoms with Gasteiger partial charge in [0.25, 0.3) is 0 Å². The van der Waals surface area contributed by atoms with E-state index in [2.05, 4.69) is 6.92 Å². The Labute approximate surface area is 88.3 Å². The molecule has 76 valence electrons. The topological polar surface area (TPSA) is 17.1 Å². The van der Waals surface area contributed by atoms with Crippen LogP contribution >= 0.6 is 0 Å². The molecule has 1 rings (SSSR count). The quantitative estimate of drug-likeness (QED) is 0.742. The lowest BCUT2D eigenvalue weighted by molar-refractivity contribution is 0.676. The molecule has 2 unspecified atom stereocenters. The predicted octanol–water partition coefficient (Wildman–Crippen LogP) is 3.20. The van der Waals surface area contributed by atoms with Gasteiger partial charge in [0.2, 0.25) is 0 Å². The van der Waals surface area contributed by atoms with Crippen molar-refractivity contribution in [2.45, 2.75) is 25.5 Å². The fraction of sp³-hybridized carbons (Fsp3) is 0.333. The minimum Gasteiger partial charge on any atom is -0.255 e. The van der Waals surface area contributed by atoms with E-state index < -0.39 is 10.8 Å². The second kappa shape index (κ2) is 5.76. The van der Waals surface area contributed by atoms with Crippen LogP contribution in [0.5, 0.6) is 0 Å². The van der Waals surface area contributed by atoms with Crippen molar-refractivity contribution in [1.29, 1.82) is 0 Å². The first kappa shape index (κ1) is 11.2. The van der Waals surface area contributed by atoms with Crippen molar-refractivity contribution >= 4 is 16.9 Å². The summed E-state index contributed by atoms with van der Waals surface area (Å²) < 4.78 is 11.6. The monoisotopic (exact) mass is 208 g/mol. The van der Waals surface area contributed by atoms with Crippen LogP contribution in [-0.4, -0.2) is 9.46 Å². The third-order valence-corrected chi connectivity index (χ3v) is 3.70. The van der Waals surface area contributed by atoms with Crippen molar-refractivity contribution in [3.8, 4) is 0 Å². The van der Waals surface area contributed by atoms with Crippen LogP contribution in [0.3, 0.4) is 0 Å². The van der Waals surface area contributed by atoms with Gasteiger partial charge in [-0.1, -0.05) is 44.2 Å². The molecule has 2 heteroatoms. The van der Waals surface area contributed by atoms with E-state index >= 15 is 0 Å². The molecule has 0 aliphatic rings. The summed E-state index contributed by atoms with van der Waals surface area (Å²) in [6.45, 7) is 4.06. The molecule has 0 saturated heterocycles. The van der Waals surface area contributed by atoms with Gasteiger partial charge in [0.1, 0.15) is 0 Å². The van der Waals surface area contributed by atoms with Gasteiger partial charge in [-0.15, -0.1) is 0 Å². The second-order valence-electron chi connectivity index (χ2n) is 3.26. The van der Waals surface area contributed by atoms with E-state index in [4.69, 9.17) is 0 Å². The van der Waals surface area contributed by atoms with Crippen LogP contribution in [-0.2, 0) is 10.8 Å². The Morgan fingerprint density at radius 3 is 2.57 bits per heavy atom. The molecule has 2 atom stereocenters. The van der Waals surface area contributed by atoms with Crippen LogP contribution in [0.1, 0.15) is 25.8 Å². The molecular weight excluding hydrogens is 192 g/mol. The summed E-state index contributed by atoms with van der Waals surface area (Å²) in [5.41, 5.74) is 1.10. The van der Waals surface area contributed by atoms with Gasteiger partial charge in [-0.25, -0.2) is 0 Å². The van der Waals surface area contributed by atoms with E-state index in [0.717, 1.165) is 12.0 Å². The Kier molecular flexibility index (Phi) is 4.60. The lowest BCUT2D eigenvalue weighted by atomic mass is 10.2. The molecule has 0 N–H and O–H groups in total. The molecule has 1 aromatic carbocycles. The van der Waals surface area contributed by atoms with E-state index in [1.807, 2.05) is 43.3 Å². The zero-order chi connectivity index (χ0) is 10.4. The molecule has 0 amide bonds. The first-order valence-electron chi connectivity index (χ1n) is 4.86. The Balaban J connectivity index is 2.61. The lowest BCUT2D eigenvalue weighted by Gasteiger charge is -2.02. The summed E-state index contributed by atoms with van der Waals surface area (Å²) >= 11 is 0. The summed E-state index contributed by atoms with van der Waals surface area (Å²) in [6.07, 6.45) is 2.87.